The van der Waals surface area contributed by atoms with Crippen LogP contribution in [0.5, 0.6) is 11.5 Å². The standard InChI is InChI=1S/C23H29NO4.C22H27NO4/c1-5-9-16-13-19(20(25)7-3)14-17(10-6-2)21(16)28-22(23(26)27-4)18-11-8-12-24-15-18;1-4-8-15-12-18(19(24)6-3)13-16(9-5-2)20(15)27-21(22(25)26)17-10-7-11-23-14-17/h8,11-15,22H,5-7,9-10H2,1-4H3;7,10-14,21H,4-6,8-9H2,1-3H3,(H,25,26). The lowest BCUT2D eigenvalue weighted by atomic mass is 9.95. The van der Waals surface area contributed by atoms with Gasteiger partial charge in [-0.05, 0) is 84.3 Å². The molecule has 0 saturated heterocycles. The monoisotopic (exact) mass is 752 g/mol. The largest absolute Gasteiger partial charge is 0.478 e. The van der Waals surface area contributed by atoms with Crippen LogP contribution in [0.4, 0.5) is 0 Å². The first-order valence-corrected chi connectivity index (χ1v) is 19.4. The van der Waals surface area contributed by atoms with Crippen molar-refractivity contribution in [3.05, 3.63) is 118 Å². The summed E-state index contributed by atoms with van der Waals surface area (Å²) < 4.78 is 17.3. The van der Waals surface area contributed by atoms with Gasteiger partial charge in [-0.2, -0.15) is 0 Å². The number of carbonyl (C=O) groups is 4. The highest BCUT2D eigenvalue weighted by molar-refractivity contribution is 5.97. The number of carbonyl (C=O) groups excluding carboxylic acids is 3. The molecule has 2 aromatic heterocycles. The number of nitrogens with zero attached hydrogens (tertiary/aromatic N) is 2. The molecule has 10 heteroatoms. The SMILES string of the molecule is CCCc1cc(C(=O)CC)cc(CCC)c1OC(C(=O)O)c1cccnc1.CCCc1cc(C(=O)CC)cc(CCC)c1OC(C(=O)OC)c1cccnc1. The Morgan fingerprint density at radius 1 is 0.600 bits per heavy atom. The summed E-state index contributed by atoms with van der Waals surface area (Å²) in [5, 5.41) is 9.70. The number of pyridine rings is 2. The summed E-state index contributed by atoms with van der Waals surface area (Å²) in [5.74, 6) is -0.0947. The number of Topliss-reactive ketones (excluding diaryl/α,β-unsaturated/α-hetero) is 2. The van der Waals surface area contributed by atoms with Gasteiger partial charge in [-0.25, -0.2) is 9.59 Å². The van der Waals surface area contributed by atoms with Crippen LogP contribution in [0.2, 0.25) is 0 Å². The fourth-order valence-corrected chi connectivity index (χ4v) is 6.28. The van der Waals surface area contributed by atoms with Crippen molar-refractivity contribution in [1.82, 2.24) is 9.97 Å². The first kappa shape index (κ1) is 44.0. The summed E-state index contributed by atoms with van der Waals surface area (Å²) in [6.07, 6.45) is 11.7. The van der Waals surface area contributed by atoms with Gasteiger partial charge in [0.2, 0.25) is 12.2 Å². The summed E-state index contributed by atoms with van der Waals surface area (Å²) in [5.41, 5.74) is 6.16. The second-order valence-corrected chi connectivity index (χ2v) is 13.2. The van der Waals surface area contributed by atoms with E-state index in [1.54, 1.807) is 42.9 Å². The lowest BCUT2D eigenvalue weighted by Gasteiger charge is -2.22. The molecule has 4 rings (SSSR count). The Morgan fingerprint density at radius 2 is 0.964 bits per heavy atom. The number of esters is 1. The average molecular weight is 753 g/mol. The lowest BCUT2D eigenvalue weighted by Crippen LogP contribution is -2.22. The van der Waals surface area contributed by atoms with Gasteiger partial charge >= 0.3 is 11.9 Å². The van der Waals surface area contributed by atoms with Crippen molar-refractivity contribution in [1.29, 1.82) is 0 Å². The molecule has 0 aliphatic rings. The Labute approximate surface area is 325 Å². The van der Waals surface area contributed by atoms with E-state index in [4.69, 9.17) is 14.2 Å². The van der Waals surface area contributed by atoms with Crippen molar-refractivity contribution >= 4 is 23.5 Å². The van der Waals surface area contributed by atoms with Crippen molar-refractivity contribution < 1.29 is 38.5 Å². The second-order valence-electron chi connectivity index (χ2n) is 13.2. The van der Waals surface area contributed by atoms with Gasteiger partial charge in [0.05, 0.1) is 7.11 Å². The molecule has 0 amide bonds. The van der Waals surface area contributed by atoms with Crippen LogP contribution in [-0.4, -0.2) is 45.7 Å². The number of benzene rings is 2. The highest BCUT2D eigenvalue weighted by atomic mass is 16.6. The number of aryl methyl sites for hydroxylation is 4. The number of ketones is 2. The molecule has 2 atom stereocenters. The Kier molecular flexibility index (Phi) is 18.2. The minimum absolute atomic E-state index is 0.0818. The molecular formula is C45H56N2O8. The van der Waals surface area contributed by atoms with E-state index < -0.39 is 24.1 Å². The van der Waals surface area contributed by atoms with Crippen molar-refractivity contribution in [3.63, 3.8) is 0 Å². The molecule has 0 aliphatic heterocycles. The van der Waals surface area contributed by atoms with Crippen LogP contribution >= 0.6 is 0 Å². The van der Waals surface area contributed by atoms with Crippen LogP contribution in [0, 0.1) is 0 Å². The third kappa shape index (κ3) is 12.3. The molecule has 10 nitrogen and oxygen atoms in total. The molecule has 1 N–H and O–H groups in total. The molecule has 0 aliphatic carbocycles. The normalized spacial score (nSPS) is 11.8. The second kappa shape index (κ2) is 22.7. The van der Waals surface area contributed by atoms with Gasteiger partial charge in [-0.1, -0.05) is 79.4 Å². The molecule has 2 aromatic carbocycles. The zero-order valence-corrected chi connectivity index (χ0v) is 33.4. The summed E-state index contributed by atoms with van der Waals surface area (Å²) >= 11 is 0. The minimum atomic E-state index is -1.14. The van der Waals surface area contributed by atoms with Crippen LogP contribution in [0.15, 0.2) is 73.3 Å². The number of aliphatic carboxylic acids is 1. The fourth-order valence-electron chi connectivity index (χ4n) is 6.28. The molecule has 2 unspecified atom stereocenters. The van der Waals surface area contributed by atoms with Gasteiger partial charge in [-0.3, -0.25) is 19.6 Å². The average Bonchev–Trinajstić information content (AvgIpc) is 3.20. The molecule has 55 heavy (non-hydrogen) atoms. The number of ether oxygens (including phenoxy) is 3. The van der Waals surface area contributed by atoms with Crippen molar-refractivity contribution in [3.8, 4) is 11.5 Å². The molecule has 2 heterocycles. The van der Waals surface area contributed by atoms with E-state index >= 15 is 0 Å². The number of hydrogen-bond acceptors (Lipinski definition) is 9. The van der Waals surface area contributed by atoms with E-state index in [-0.39, 0.29) is 11.6 Å². The third-order valence-corrected chi connectivity index (χ3v) is 8.93. The zero-order valence-electron chi connectivity index (χ0n) is 33.4. The zero-order chi connectivity index (χ0) is 40.3. The predicted molar refractivity (Wildman–Crippen MR) is 213 cm³/mol. The van der Waals surface area contributed by atoms with E-state index in [0.717, 1.165) is 73.6 Å². The lowest BCUT2D eigenvalue weighted by molar-refractivity contribution is -0.149. The van der Waals surface area contributed by atoms with Crippen molar-refractivity contribution in [2.45, 2.75) is 118 Å². The maximum Gasteiger partial charge on any atom is 0.351 e. The van der Waals surface area contributed by atoms with E-state index in [9.17, 15) is 24.3 Å². The Hall–Kier alpha value is -5.38. The summed E-state index contributed by atoms with van der Waals surface area (Å²) in [6.45, 7) is 12.0. The molecule has 294 valence electrons. The molecule has 0 spiro atoms. The quantitative estimate of drug-likeness (QED) is 0.0685. The number of carboxylic acids is 1. The van der Waals surface area contributed by atoms with E-state index in [1.807, 2.05) is 52.0 Å². The van der Waals surface area contributed by atoms with Crippen molar-refractivity contribution in [2.24, 2.45) is 0 Å². The number of methoxy groups -OCH3 is 1. The van der Waals surface area contributed by atoms with E-state index in [1.165, 1.54) is 13.3 Å². The Bertz CT molecular complexity index is 1810. The van der Waals surface area contributed by atoms with E-state index in [2.05, 4.69) is 23.8 Å². The number of aromatic nitrogens is 2. The smallest absolute Gasteiger partial charge is 0.351 e. The molecule has 0 bridgehead atoms. The topological polar surface area (TPSA) is 142 Å². The van der Waals surface area contributed by atoms with Crippen molar-refractivity contribution in [2.75, 3.05) is 7.11 Å². The van der Waals surface area contributed by atoms with Crippen LogP contribution in [-0.2, 0) is 40.0 Å². The van der Waals surface area contributed by atoms with Gasteiger partial charge in [0.15, 0.2) is 11.6 Å². The van der Waals surface area contributed by atoms with E-state index in [0.29, 0.717) is 46.6 Å². The predicted octanol–water partition coefficient (Wildman–Crippen LogP) is 9.66. The summed E-state index contributed by atoms with van der Waals surface area (Å²) in [7, 11) is 1.35. The highest BCUT2D eigenvalue weighted by Crippen LogP contribution is 2.35. The number of hydrogen-bond donors (Lipinski definition) is 1. The summed E-state index contributed by atoms with van der Waals surface area (Å²) in [6, 6.07) is 14.5. The number of carboxylic acid groups (broad SMARTS) is 1. The molecule has 4 aromatic rings. The fraction of sp³-hybridized carbons (Fsp3) is 0.422. The maximum atomic E-state index is 12.4. The molecule has 0 saturated carbocycles. The Balaban J connectivity index is 0.000000296. The third-order valence-electron chi connectivity index (χ3n) is 8.93. The summed E-state index contributed by atoms with van der Waals surface area (Å²) in [4.78, 5) is 57.0. The van der Waals surface area contributed by atoms with Crippen LogP contribution < -0.4 is 9.47 Å². The van der Waals surface area contributed by atoms with Gasteiger partial charge in [0.25, 0.3) is 0 Å². The minimum Gasteiger partial charge on any atom is -0.478 e. The molecular weight excluding hydrogens is 697 g/mol. The van der Waals surface area contributed by atoms with Crippen LogP contribution in [0.3, 0.4) is 0 Å². The first-order valence-electron chi connectivity index (χ1n) is 19.4. The Morgan fingerprint density at radius 3 is 1.25 bits per heavy atom. The molecule has 0 fully saturated rings. The number of rotatable bonds is 20. The molecule has 0 radical (unpaired) electrons. The van der Waals surface area contributed by atoms with Crippen LogP contribution in [0.1, 0.15) is 146 Å². The van der Waals surface area contributed by atoms with Gasteiger partial charge in [-0.15, -0.1) is 0 Å². The van der Waals surface area contributed by atoms with Gasteiger partial charge < -0.3 is 19.3 Å². The van der Waals surface area contributed by atoms with Gasteiger partial charge in [0, 0.05) is 59.9 Å². The first-order chi connectivity index (χ1) is 26.6. The van der Waals surface area contributed by atoms with Gasteiger partial charge in [0.1, 0.15) is 11.5 Å². The highest BCUT2D eigenvalue weighted by Gasteiger charge is 2.28. The maximum absolute atomic E-state index is 12.4. The van der Waals surface area contributed by atoms with Crippen LogP contribution in [0.25, 0.3) is 0 Å².